The zero-order chi connectivity index (χ0) is 31.1. The standard InChI is InChI=1S/C34H63N3O4/c1-29(2)17-24(18-30(3,4)35-29)23(13-15-27(38)40-25-19-31(5,6)36-32(7,8)20-25)14-16-28(39)41-26-21-33(9,10)37-34(11,12)22-26/h23-26,35-37H,13-22H2,1-12H3. The molecule has 3 fully saturated rings. The van der Waals surface area contributed by atoms with E-state index >= 15 is 0 Å². The lowest BCUT2D eigenvalue weighted by Gasteiger charge is -2.49. The first kappa shape index (κ1) is 34.3. The Morgan fingerprint density at radius 1 is 0.537 bits per heavy atom. The zero-order valence-electron chi connectivity index (χ0n) is 28.5. The minimum Gasteiger partial charge on any atom is -0.462 e. The first-order valence-electron chi connectivity index (χ1n) is 16.2. The quantitative estimate of drug-likeness (QED) is 0.272. The van der Waals surface area contributed by atoms with Gasteiger partial charge in [0.2, 0.25) is 0 Å². The third-order valence-electron chi connectivity index (χ3n) is 9.23. The van der Waals surface area contributed by atoms with Crippen LogP contribution in [0.5, 0.6) is 0 Å². The first-order chi connectivity index (χ1) is 18.4. The van der Waals surface area contributed by atoms with Gasteiger partial charge in [0.05, 0.1) is 0 Å². The van der Waals surface area contributed by atoms with Crippen LogP contribution in [0.1, 0.15) is 147 Å². The third kappa shape index (κ3) is 11.1. The molecule has 0 bridgehead atoms. The van der Waals surface area contributed by atoms with E-state index in [2.05, 4.69) is 99.0 Å². The van der Waals surface area contributed by atoms with E-state index in [9.17, 15) is 9.59 Å². The number of rotatable bonds is 9. The number of carbonyl (C=O) groups is 2. The lowest BCUT2D eigenvalue weighted by molar-refractivity contribution is -0.153. The zero-order valence-corrected chi connectivity index (χ0v) is 28.5. The summed E-state index contributed by atoms with van der Waals surface area (Å²) >= 11 is 0. The SMILES string of the molecule is CC1(C)CC(OC(=O)CCC(CCC(=O)OC2CC(C)(C)NC(C)(C)C2)C2CC(C)(C)NC(C)(C)C2)CC(C)(C)N1. The van der Waals surface area contributed by atoms with Crippen molar-refractivity contribution in [3.05, 3.63) is 0 Å². The minimum absolute atomic E-state index is 0.00418. The molecule has 3 heterocycles. The summed E-state index contributed by atoms with van der Waals surface area (Å²) in [5.41, 5.74) is -0.267. The second-order valence-electron chi connectivity index (χ2n) is 17.7. The van der Waals surface area contributed by atoms with Gasteiger partial charge in [-0.2, -0.15) is 0 Å². The second-order valence-corrected chi connectivity index (χ2v) is 17.7. The summed E-state index contributed by atoms with van der Waals surface area (Å²) in [7, 11) is 0. The Morgan fingerprint density at radius 3 is 1.10 bits per heavy atom. The van der Waals surface area contributed by atoms with Crippen LogP contribution in [0.4, 0.5) is 0 Å². The molecule has 0 atom stereocenters. The molecule has 3 saturated heterocycles. The number of piperidine rings is 3. The van der Waals surface area contributed by atoms with E-state index in [1.165, 1.54) is 0 Å². The molecule has 0 amide bonds. The van der Waals surface area contributed by atoms with Gasteiger partial charge >= 0.3 is 11.9 Å². The van der Waals surface area contributed by atoms with Crippen LogP contribution in [-0.2, 0) is 19.1 Å². The van der Waals surface area contributed by atoms with E-state index in [4.69, 9.17) is 9.47 Å². The van der Waals surface area contributed by atoms with E-state index in [0.29, 0.717) is 18.8 Å². The summed E-state index contributed by atoms with van der Waals surface area (Å²) in [5, 5.41) is 11.1. The molecule has 0 unspecified atom stereocenters. The molecule has 3 rings (SSSR count). The molecule has 0 radical (unpaired) electrons. The molecule has 7 heteroatoms. The van der Waals surface area contributed by atoms with Crippen molar-refractivity contribution in [3.63, 3.8) is 0 Å². The van der Waals surface area contributed by atoms with Crippen molar-refractivity contribution < 1.29 is 19.1 Å². The fourth-order valence-electron chi connectivity index (χ4n) is 9.07. The smallest absolute Gasteiger partial charge is 0.306 e. The molecule has 238 valence electrons. The maximum Gasteiger partial charge on any atom is 0.306 e. The van der Waals surface area contributed by atoms with Crippen LogP contribution >= 0.6 is 0 Å². The summed E-state index contributed by atoms with van der Waals surface area (Å²) < 4.78 is 12.1. The molecule has 0 aromatic heterocycles. The van der Waals surface area contributed by atoms with Crippen LogP contribution in [0.3, 0.4) is 0 Å². The lowest BCUT2D eigenvalue weighted by atomic mass is 9.68. The van der Waals surface area contributed by atoms with Gasteiger partial charge in [-0.1, -0.05) is 0 Å². The highest BCUT2D eigenvalue weighted by molar-refractivity contribution is 5.70. The monoisotopic (exact) mass is 577 g/mol. The number of hydrogen-bond donors (Lipinski definition) is 3. The Morgan fingerprint density at radius 2 is 0.805 bits per heavy atom. The minimum atomic E-state index is -0.109. The van der Waals surface area contributed by atoms with E-state index < -0.39 is 0 Å². The number of nitrogens with one attached hydrogen (secondary N) is 3. The average molecular weight is 578 g/mol. The van der Waals surface area contributed by atoms with Crippen LogP contribution < -0.4 is 16.0 Å². The van der Waals surface area contributed by atoms with Crippen molar-refractivity contribution in [1.29, 1.82) is 0 Å². The van der Waals surface area contributed by atoms with Gasteiger partial charge in [-0.25, -0.2) is 0 Å². The Hall–Kier alpha value is -1.18. The summed E-state index contributed by atoms with van der Waals surface area (Å²) in [5.74, 6) is 0.471. The fraction of sp³-hybridized carbons (Fsp3) is 0.941. The highest BCUT2D eigenvalue weighted by atomic mass is 16.5. The van der Waals surface area contributed by atoms with Crippen LogP contribution in [-0.4, -0.2) is 57.4 Å². The predicted molar refractivity (Wildman–Crippen MR) is 167 cm³/mol. The molecule has 7 nitrogen and oxygen atoms in total. The summed E-state index contributed by atoms with van der Waals surface area (Å²) in [4.78, 5) is 26.3. The molecule has 0 aromatic rings. The molecule has 0 aliphatic carbocycles. The van der Waals surface area contributed by atoms with E-state index in [1.807, 2.05) is 0 Å². The lowest BCUT2D eigenvalue weighted by Crippen LogP contribution is -2.59. The van der Waals surface area contributed by atoms with Crippen molar-refractivity contribution in [1.82, 2.24) is 16.0 Å². The summed E-state index contributed by atoms with van der Waals surface area (Å²) in [6.45, 7) is 26.5. The number of esters is 2. The van der Waals surface area contributed by atoms with Crippen molar-refractivity contribution in [3.8, 4) is 0 Å². The normalized spacial score (nSPS) is 27.3. The average Bonchev–Trinajstić information content (AvgIpc) is 2.66. The topological polar surface area (TPSA) is 88.7 Å². The van der Waals surface area contributed by atoms with Crippen molar-refractivity contribution in [2.45, 2.75) is 193 Å². The Labute approximate surface area is 251 Å². The maximum atomic E-state index is 13.1. The molecule has 3 N–H and O–H groups in total. The highest BCUT2D eigenvalue weighted by Gasteiger charge is 2.43. The van der Waals surface area contributed by atoms with Gasteiger partial charge in [-0.15, -0.1) is 0 Å². The van der Waals surface area contributed by atoms with Crippen LogP contribution in [0.25, 0.3) is 0 Å². The molecule has 3 aliphatic heterocycles. The molecule has 0 saturated carbocycles. The Kier molecular flexibility index (Phi) is 10.1. The van der Waals surface area contributed by atoms with Gasteiger partial charge in [-0.05, 0) is 121 Å². The fourth-order valence-corrected chi connectivity index (χ4v) is 9.07. The van der Waals surface area contributed by atoms with Gasteiger partial charge < -0.3 is 25.4 Å². The largest absolute Gasteiger partial charge is 0.462 e. The van der Waals surface area contributed by atoms with Gasteiger partial charge in [0.1, 0.15) is 12.2 Å². The Bertz CT molecular complexity index is 832. The van der Waals surface area contributed by atoms with E-state index in [1.54, 1.807) is 0 Å². The van der Waals surface area contributed by atoms with E-state index in [0.717, 1.165) is 51.4 Å². The van der Waals surface area contributed by atoms with Crippen LogP contribution in [0.15, 0.2) is 0 Å². The molecule has 0 spiro atoms. The van der Waals surface area contributed by atoms with Gasteiger partial charge in [0.15, 0.2) is 0 Å². The maximum absolute atomic E-state index is 13.1. The van der Waals surface area contributed by atoms with Crippen molar-refractivity contribution in [2.75, 3.05) is 0 Å². The third-order valence-corrected chi connectivity index (χ3v) is 9.23. The molecule has 3 aliphatic rings. The number of hydrogen-bond acceptors (Lipinski definition) is 7. The summed E-state index contributed by atoms with van der Waals surface area (Å²) in [6, 6.07) is 0. The molecular formula is C34H63N3O4. The van der Waals surface area contributed by atoms with Gasteiger partial charge in [0, 0.05) is 71.8 Å². The Balaban J connectivity index is 1.63. The van der Waals surface area contributed by atoms with Crippen molar-refractivity contribution >= 4 is 11.9 Å². The summed E-state index contributed by atoms with van der Waals surface area (Å²) in [6.07, 6.45) is 7.46. The van der Waals surface area contributed by atoms with Crippen LogP contribution in [0, 0.1) is 11.8 Å². The van der Waals surface area contributed by atoms with Crippen LogP contribution in [0.2, 0.25) is 0 Å². The molecular weight excluding hydrogens is 514 g/mol. The van der Waals surface area contributed by atoms with E-state index in [-0.39, 0.29) is 63.3 Å². The van der Waals surface area contributed by atoms with Crippen molar-refractivity contribution in [2.24, 2.45) is 11.8 Å². The highest BCUT2D eigenvalue weighted by Crippen LogP contribution is 2.41. The number of carbonyl (C=O) groups excluding carboxylic acids is 2. The molecule has 0 aromatic carbocycles. The van der Waals surface area contributed by atoms with Gasteiger partial charge in [-0.3, -0.25) is 9.59 Å². The van der Waals surface area contributed by atoms with Gasteiger partial charge in [0.25, 0.3) is 0 Å². The number of ether oxygens (including phenoxy) is 2. The molecule has 41 heavy (non-hydrogen) atoms. The first-order valence-corrected chi connectivity index (χ1v) is 16.2. The second kappa shape index (κ2) is 12.1. The predicted octanol–water partition coefficient (Wildman–Crippen LogP) is 6.42.